The SMILES string of the molecule is O=C(Nc1cnn(CC2CCCO2)c1)c1cccc(F)c1. The molecule has 6 heteroatoms. The maximum Gasteiger partial charge on any atom is 0.255 e. The lowest BCUT2D eigenvalue weighted by Gasteiger charge is -2.08. The van der Waals surface area contributed by atoms with Crippen LogP contribution >= 0.6 is 0 Å². The molecule has 110 valence electrons. The third-order valence-electron chi connectivity index (χ3n) is 3.39. The molecule has 0 saturated carbocycles. The maximum absolute atomic E-state index is 13.1. The minimum atomic E-state index is -0.434. The number of benzene rings is 1. The Hall–Kier alpha value is -2.21. The van der Waals surface area contributed by atoms with Crippen LogP contribution in [0.2, 0.25) is 0 Å². The van der Waals surface area contributed by atoms with Crippen LogP contribution in [-0.4, -0.2) is 28.4 Å². The molecule has 0 aliphatic carbocycles. The van der Waals surface area contributed by atoms with Gasteiger partial charge in [0, 0.05) is 18.4 Å². The van der Waals surface area contributed by atoms with Gasteiger partial charge in [-0.25, -0.2) is 4.39 Å². The molecule has 5 nitrogen and oxygen atoms in total. The number of anilines is 1. The van der Waals surface area contributed by atoms with Gasteiger partial charge >= 0.3 is 0 Å². The number of rotatable bonds is 4. The van der Waals surface area contributed by atoms with Crippen molar-refractivity contribution in [3.8, 4) is 0 Å². The van der Waals surface area contributed by atoms with E-state index in [1.807, 2.05) is 0 Å². The van der Waals surface area contributed by atoms with E-state index in [4.69, 9.17) is 4.74 Å². The Morgan fingerprint density at radius 2 is 2.43 bits per heavy atom. The Labute approximate surface area is 121 Å². The zero-order valence-electron chi connectivity index (χ0n) is 11.5. The van der Waals surface area contributed by atoms with Gasteiger partial charge < -0.3 is 10.1 Å². The average Bonchev–Trinajstić information content (AvgIpc) is 3.11. The van der Waals surface area contributed by atoms with Crippen molar-refractivity contribution in [3.63, 3.8) is 0 Å². The summed E-state index contributed by atoms with van der Waals surface area (Å²) < 4.78 is 20.4. The van der Waals surface area contributed by atoms with Crippen LogP contribution in [0.4, 0.5) is 10.1 Å². The van der Waals surface area contributed by atoms with E-state index in [2.05, 4.69) is 10.4 Å². The fraction of sp³-hybridized carbons (Fsp3) is 0.333. The molecule has 0 spiro atoms. The van der Waals surface area contributed by atoms with Gasteiger partial charge in [-0.1, -0.05) is 6.07 Å². The summed E-state index contributed by atoms with van der Waals surface area (Å²) in [5.74, 6) is -0.789. The Morgan fingerprint density at radius 1 is 1.52 bits per heavy atom. The van der Waals surface area contributed by atoms with Gasteiger partial charge in [0.15, 0.2) is 0 Å². The molecule has 1 aliphatic rings. The summed E-state index contributed by atoms with van der Waals surface area (Å²) in [5, 5.41) is 6.89. The summed E-state index contributed by atoms with van der Waals surface area (Å²) in [7, 11) is 0. The van der Waals surface area contributed by atoms with Crippen LogP contribution in [-0.2, 0) is 11.3 Å². The molecule has 1 aromatic heterocycles. The van der Waals surface area contributed by atoms with Gasteiger partial charge in [-0.2, -0.15) is 5.10 Å². The molecule has 0 bridgehead atoms. The molecule has 1 amide bonds. The van der Waals surface area contributed by atoms with Crippen LogP contribution in [0.1, 0.15) is 23.2 Å². The minimum Gasteiger partial charge on any atom is -0.376 e. The fourth-order valence-electron chi connectivity index (χ4n) is 2.36. The second kappa shape index (κ2) is 6.05. The third kappa shape index (κ3) is 3.46. The van der Waals surface area contributed by atoms with E-state index in [0.29, 0.717) is 12.2 Å². The van der Waals surface area contributed by atoms with Crippen molar-refractivity contribution >= 4 is 11.6 Å². The molecule has 1 atom stereocenters. The lowest BCUT2D eigenvalue weighted by molar-refractivity contribution is 0.0940. The van der Waals surface area contributed by atoms with Gasteiger partial charge in [-0.15, -0.1) is 0 Å². The molecular formula is C15H16FN3O2. The van der Waals surface area contributed by atoms with Gasteiger partial charge in [0.25, 0.3) is 5.91 Å². The maximum atomic E-state index is 13.1. The van der Waals surface area contributed by atoms with Crippen molar-refractivity contribution in [2.45, 2.75) is 25.5 Å². The minimum absolute atomic E-state index is 0.191. The monoisotopic (exact) mass is 289 g/mol. The first-order valence-electron chi connectivity index (χ1n) is 6.92. The average molecular weight is 289 g/mol. The molecule has 1 fully saturated rings. The summed E-state index contributed by atoms with van der Waals surface area (Å²) in [6, 6.07) is 5.57. The fourth-order valence-corrected chi connectivity index (χ4v) is 2.36. The van der Waals surface area contributed by atoms with E-state index in [1.165, 1.54) is 18.2 Å². The molecule has 1 aromatic carbocycles. The van der Waals surface area contributed by atoms with Crippen LogP contribution in [0, 0.1) is 5.82 Å². The van der Waals surface area contributed by atoms with Gasteiger partial charge in [-0.3, -0.25) is 9.48 Å². The number of ether oxygens (including phenoxy) is 1. The molecule has 3 rings (SSSR count). The number of aromatic nitrogens is 2. The van der Waals surface area contributed by atoms with E-state index in [-0.39, 0.29) is 17.6 Å². The molecule has 1 unspecified atom stereocenters. The van der Waals surface area contributed by atoms with Crippen molar-refractivity contribution < 1.29 is 13.9 Å². The van der Waals surface area contributed by atoms with E-state index in [9.17, 15) is 9.18 Å². The van der Waals surface area contributed by atoms with E-state index < -0.39 is 5.82 Å². The van der Waals surface area contributed by atoms with E-state index >= 15 is 0 Å². The number of amides is 1. The van der Waals surface area contributed by atoms with Crippen LogP contribution in [0.3, 0.4) is 0 Å². The highest BCUT2D eigenvalue weighted by Crippen LogP contribution is 2.15. The highest BCUT2D eigenvalue weighted by atomic mass is 19.1. The Bertz CT molecular complexity index is 635. The van der Waals surface area contributed by atoms with E-state index in [0.717, 1.165) is 19.4 Å². The first-order valence-corrected chi connectivity index (χ1v) is 6.92. The number of halogens is 1. The molecule has 2 aromatic rings. The lowest BCUT2D eigenvalue weighted by Crippen LogP contribution is -2.15. The van der Waals surface area contributed by atoms with Gasteiger partial charge in [0.2, 0.25) is 0 Å². The van der Waals surface area contributed by atoms with Crippen molar-refractivity contribution in [2.24, 2.45) is 0 Å². The predicted molar refractivity (Wildman–Crippen MR) is 75.6 cm³/mol. The van der Waals surface area contributed by atoms with Crippen molar-refractivity contribution in [3.05, 3.63) is 48.0 Å². The zero-order valence-corrected chi connectivity index (χ0v) is 11.5. The van der Waals surface area contributed by atoms with Gasteiger partial charge in [0.1, 0.15) is 5.82 Å². The van der Waals surface area contributed by atoms with E-state index in [1.54, 1.807) is 23.1 Å². The van der Waals surface area contributed by atoms with Gasteiger partial charge in [-0.05, 0) is 31.0 Å². The first-order chi connectivity index (χ1) is 10.2. The lowest BCUT2D eigenvalue weighted by atomic mass is 10.2. The molecule has 1 aliphatic heterocycles. The van der Waals surface area contributed by atoms with Crippen LogP contribution < -0.4 is 5.32 Å². The number of hydrogen-bond acceptors (Lipinski definition) is 3. The number of hydrogen-bond donors (Lipinski definition) is 1. The summed E-state index contributed by atoms with van der Waals surface area (Å²) in [6.07, 6.45) is 5.63. The van der Waals surface area contributed by atoms with Crippen LogP contribution in [0.15, 0.2) is 36.7 Å². The summed E-state index contributed by atoms with van der Waals surface area (Å²) in [4.78, 5) is 12.0. The Balaban J connectivity index is 1.62. The van der Waals surface area contributed by atoms with Crippen molar-refractivity contribution in [2.75, 3.05) is 11.9 Å². The Kier molecular flexibility index (Phi) is 3.96. The van der Waals surface area contributed by atoms with Crippen molar-refractivity contribution in [1.29, 1.82) is 0 Å². The largest absolute Gasteiger partial charge is 0.376 e. The Morgan fingerprint density at radius 3 is 3.19 bits per heavy atom. The standard InChI is InChI=1S/C15H16FN3O2/c16-12-4-1-3-11(7-12)15(20)18-13-8-17-19(9-13)10-14-5-2-6-21-14/h1,3-4,7-9,14H,2,5-6,10H2,(H,18,20). The normalized spacial score (nSPS) is 17.9. The smallest absolute Gasteiger partial charge is 0.255 e. The molecule has 21 heavy (non-hydrogen) atoms. The molecular weight excluding hydrogens is 273 g/mol. The summed E-state index contributed by atoms with van der Waals surface area (Å²) in [5.41, 5.74) is 0.865. The van der Waals surface area contributed by atoms with Gasteiger partial charge in [0.05, 0.1) is 24.5 Å². The predicted octanol–water partition coefficient (Wildman–Crippen LogP) is 2.45. The number of carbonyl (C=O) groups excluding carboxylic acids is 1. The second-order valence-corrected chi connectivity index (χ2v) is 5.05. The molecule has 2 heterocycles. The van der Waals surface area contributed by atoms with Crippen molar-refractivity contribution in [1.82, 2.24) is 9.78 Å². The second-order valence-electron chi connectivity index (χ2n) is 5.05. The highest BCUT2D eigenvalue weighted by Gasteiger charge is 2.16. The number of carbonyl (C=O) groups is 1. The van der Waals surface area contributed by atoms with Crippen LogP contribution in [0.5, 0.6) is 0 Å². The first kappa shape index (κ1) is 13.8. The third-order valence-corrected chi connectivity index (χ3v) is 3.39. The topological polar surface area (TPSA) is 56.2 Å². The number of nitrogens with zero attached hydrogens (tertiary/aromatic N) is 2. The molecule has 0 radical (unpaired) electrons. The highest BCUT2D eigenvalue weighted by molar-refractivity contribution is 6.04. The summed E-state index contributed by atoms with van der Waals surface area (Å²) >= 11 is 0. The number of nitrogens with one attached hydrogen (secondary N) is 1. The molecule has 1 saturated heterocycles. The quantitative estimate of drug-likeness (QED) is 0.940. The summed E-state index contributed by atoms with van der Waals surface area (Å²) in [6.45, 7) is 1.48. The van der Waals surface area contributed by atoms with Crippen LogP contribution in [0.25, 0.3) is 0 Å². The zero-order chi connectivity index (χ0) is 14.7. The molecule has 1 N–H and O–H groups in total.